The molecule has 0 saturated carbocycles. The number of hydrogen-bond donors (Lipinski definition) is 3. The quantitative estimate of drug-likeness (QED) is 0.156. The maximum absolute atomic E-state index is 4.08. The van der Waals surface area contributed by atoms with Gasteiger partial charge in [0.2, 0.25) is 0 Å². The van der Waals surface area contributed by atoms with Gasteiger partial charge in [0, 0.05) is 38.6 Å². The van der Waals surface area contributed by atoms with Gasteiger partial charge < -0.3 is 9.13 Å². The van der Waals surface area contributed by atoms with E-state index in [1.54, 1.807) is 0 Å². The Morgan fingerprint density at radius 2 is 1.08 bits per heavy atom. The number of rotatable bonds is 6. The minimum Gasteiger partial charge on any atom is -0.309 e. The van der Waals surface area contributed by atoms with Crippen LogP contribution in [0.15, 0.2) is 218 Å². The highest BCUT2D eigenvalue weighted by atomic mass is 15.4. The molecule has 0 bridgehead atoms. The lowest BCUT2D eigenvalue weighted by Crippen LogP contribution is -2.54. The fourth-order valence-corrected chi connectivity index (χ4v) is 12.4. The molecule has 0 spiro atoms. The second-order valence-electron chi connectivity index (χ2n) is 20.0. The zero-order valence-corrected chi connectivity index (χ0v) is 39.8. The minimum absolute atomic E-state index is 0.126. The Labute approximate surface area is 418 Å². The summed E-state index contributed by atoms with van der Waals surface area (Å²) in [6.07, 6.45) is 15.2. The van der Waals surface area contributed by atoms with Gasteiger partial charge in [-0.05, 0) is 151 Å². The predicted octanol–water partition coefficient (Wildman–Crippen LogP) is 16.2. The van der Waals surface area contributed by atoms with Gasteiger partial charge in [-0.2, -0.15) is 0 Å². The molecule has 0 amide bonds. The molecule has 12 aromatic rings. The van der Waals surface area contributed by atoms with Crippen molar-refractivity contribution in [3.8, 4) is 11.4 Å². The minimum atomic E-state index is -0.196. The first-order chi connectivity index (χ1) is 35.7. The Hall–Kier alpha value is -8.32. The highest BCUT2D eigenvalue weighted by Gasteiger charge is 2.32. The monoisotopic (exact) mass is 925 g/mol. The van der Waals surface area contributed by atoms with Crippen LogP contribution in [0.5, 0.6) is 0 Å². The van der Waals surface area contributed by atoms with Crippen molar-refractivity contribution in [1.29, 1.82) is 0 Å². The van der Waals surface area contributed by atoms with Gasteiger partial charge in [-0.25, -0.2) is 0 Å². The average Bonchev–Trinajstić information content (AvgIpc) is 3.97. The third-order valence-electron chi connectivity index (χ3n) is 15.9. The summed E-state index contributed by atoms with van der Waals surface area (Å²) in [5, 5.41) is 25.9. The average molecular weight is 926 g/mol. The van der Waals surface area contributed by atoms with E-state index in [1.165, 1.54) is 121 Å². The number of hydrogen-bond acceptors (Lipinski definition) is 3. The lowest BCUT2D eigenvalue weighted by Gasteiger charge is -2.40. The number of nitrogens with one attached hydrogen (secondary N) is 3. The molecule has 1 saturated heterocycles. The second-order valence-corrected chi connectivity index (χ2v) is 20.0. The molecule has 1 aliphatic heterocycles. The fourth-order valence-electron chi connectivity index (χ4n) is 12.4. The highest BCUT2D eigenvalue weighted by molar-refractivity contribution is 6.14. The number of nitrogens with zero attached hydrogens (tertiary/aromatic N) is 2. The number of benzene rings is 10. The van der Waals surface area contributed by atoms with Gasteiger partial charge >= 0.3 is 0 Å². The number of allylic oxidation sites excluding steroid dienone is 5. The Morgan fingerprint density at radius 3 is 1.94 bits per heavy atom. The van der Waals surface area contributed by atoms with Crippen LogP contribution in [0, 0.1) is 0 Å². The molecule has 3 aliphatic rings. The third-order valence-corrected chi connectivity index (χ3v) is 15.9. The van der Waals surface area contributed by atoms with Crippen LogP contribution in [0.1, 0.15) is 71.3 Å². The summed E-state index contributed by atoms with van der Waals surface area (Å²) in [5.41, 5.74) is 15.0. The summed E-state index contributed by atoms with van der Waals surface area (Å²) < 4.78 is 5.01. The van der Waals surface area contributed by atoms with Crippen LogP contribution < -0.4 is 16.0 Å². The van der Waals surface area contributed by atoms with Crippen LogP contribution in [0.2, 0.25) is 0 Å². The van der Waals surface area contributed by atoms with Crippen molar-refractivity contribution in [2.75, 3.05) is 0 Å². The van der Waals surface area contributed by atoms with Crippen molar-refractivity contribution in [2.24, 2.45) is 0 Å². The van der Waals surface area contributed by atoms with Crippen molar-refractivity contribution < 1.29 is 0 Å². The number of para-hydroxylation sites is 1. The van der Waals surface area contributed by atoms with Crippen LogP contribution in [-0.4, -0.2) is 9.13 Å². The van der Waals surface area contributed by atoms with Gasteiger partial charge in [0.1, 0.15) is 0 Å². The molecule has 15 rings (SSSR count). The molecule has 10 aromatic carbocycles. The van der Waals surface area contributed by atoms with Crippen molar-refractivity contribution >= 4 is 87.4 Å². The summed E-state index contributed by atoms with van der Waals surface area (Å²) in [7, 11) is 0. The Bertz CT molecular complexity index is 4280. The van der Waals surface area contributed by atoms with Gasteiger partial charge in [-0.15, -0.1) is 0 Å². The molecule has 3 atom stereocenters. The molecule has 2 aromatic heterocycles. The van der Waals surface area contributed by atoms with Gasteiger partial charge in [0.15, 0.2) is 0 Å². The lowest BCUT2D eigenvalue weighted by atomic mass is 9.95. The summed E-state index contributed by atoms with van der Waals surface area (Å²) in [6.45, 7) is 0. The number of fused-ring (bicyclic) bond motifs is 11. The summed E-state index contributed by atoms with van der Waals surface area (Å²) in [5.74, 6) is 0. The Morgan fingerprint density at radius 1 is 0.403 bits per heavy atom. The maximum Gasteiger partial charge on any atom is 0.0871 e. The number of aromatic nitrogens is 2. The van der Waals surface area contributed by atoms with E-state index >= 15 is 0 Å². The molecule has 3 heterocycles. The normalized spacial score (nSPS) is 18.0. The summed E-state index contributed by atoms with van der Waals surface area (Å²) >= 11 is 0. The van der Waals surface area contributed by atoms with Gasteiger partial charge in [-0.1, -0.05) is 170 Å². The van der Waals surface area contributed by atoms with Crippen LogP contribution in [0.4, 0.5) is 0 Å². The lowest BCUT2D eigenvalue weighted by molar-refractivity contribution is 0.204. The molecular formula is C67H51N5. The molecule has 0 radical (unpaired) electrons. The van der Waals surface area contributed by atoms with E-state index in [9.17, 15) is 0 Å². The molecule has 5 nitrogen and oxygen atoms in total. The van der Waals surface area contributed by atoms with E-state index in [-0.39, 0.29) is 18.5 Å². The molecule has 344 valence electrons. The van der Waals surface area contributed by atoms with Crippen molar-refractivity contribution in [3.05, 3.63) is 252 Å². The SMILES string of the molecule is C1=CCCC(c2ccc(C3NC(c4ccc5ccccc5c4)NC(c4cc(-n5c6ccccc6c6cc7cc(-n8c9c(c%10ccc%11ccccc%11c%108)CCC=C9)ccc7cc65)cc5ccccc45)N3)cc2)=C1. The molecule has 1 fully saturated rings. The molecule has 72 heavy (non-hydrogen) atoms. The van der Waals surface area contributed by atoms with Crippen LogP contribution in [0.3, 0.4) is 0 Å². The Balaban J connectivity index is 0.878. The van der Waals surface area contributed by atoms with Crippen LogP contribution in [-0.2, 0) is 6.42 Å². The third kappa shape index (κ3) is 6.73. The number of aryl methyl sites for hydroxylation is 1. The first-order valence-electron chi connectivity index (χ1n) is 25.6. The second kappa shape index (κ2) is 16.6. The van der Waals surface area contributed by atoms with Crippen LogP contribution in [0.25, 0.3) is 98.8 Å². The standard InChI is InChI=1S/C67H51N5/c1-2-14-42(15-3-1)44-26-29-46(30-27-44)65-68-66(50-31-28-43-16-4-5-18-47(43)36-50)70-67(69-65)60-41-53(37-49-19-7-8-20-54(49)60)71-61-24-12-11-23-57(61)59-39-51-38-52(34-32-48(51)40-63(59)71)72-62-25-13-10-22-56(62)58-35-33-45-17-6-9-21-55(45)64(58)72/h1-2,4-9,11-14,16-21,23-41,65-70H,3,10,15,22H2. The zero-order chi connectivity index (χ0) is 47.3. The molecule has 3 N–H and O–H groups in total. The van der Waals surface area contributed by atoms with E-state index in [4.69, 9.17) is 0 Å². The van der Waals surface area contributed by atoms with Crippen molar-refractivity contribution in [1.82, 2.24) is 25.1 Å². The highest BCUT2D eigenvalue weighted by Crippen LogP contribution is 2.42. The molecule has 5 heteroatoms. The fraction of sp³-hybridized carbons (Fsp3) is 0.104. The smallest absolute Gasteiger partial charge is 0.0871 e. The Kier molecular flexibility index (Phi) is 9.59. The topological polar surface area (TPSA) is 46.0 Å². The van der Waals surface area contributed by atoms with E-state index in [0.717, 1.165) is 31.4 Å². The zero-order valence-electron chi connectivity index (χ0n) is 39.8. The largest absolute Gasteiger partial charge is 0.309 e. The van der Waals surface area contributed by atoms with E-state index in [0.29, 0.717) is 0 Å². The van der Waals surface area contributed by atoms with E-state index in [2.05, 4.69) is 250 Å². The first-order valence-corrected chi connectivity index (χ1v) is 25.6. The van der Waals surface area contributed by atoms with Gasteiger partial charge in [0.05, 0.1) is 35.0 Å². The first kappa shape index (κ1) is 41.5. The summed E-state index contributed by atoms with van der Waals surface area (Å²) in [6, 6.07) is 72.7. The predicted molar refractivity (Wildman–Crippen MR) is 302 cm³/mol. The van der Waals surface area contributed by atoms with Crippen molar-refractivity contribution in [2.45, 2.75) is 44.2 Å². The molecule has 3 unspecified atom stereocenters. The van der Waals surface area contributed by atoms with Gasteiger partial charge in [-0.3, -0.25) is 16.0 Å². The summed E-state index contributed by atoms with van der Waals surface area (Å²) in [4.78, 5) is 0. The maximum atomic E-state index is 4.08. The van der Waals surface area contributed by atoms with Crippen LogP contribution >= 0.6 is 0 Å². The van der Waals surface area contributed by atoms with Crippen molar-refractivity contribution in [3.63, 3.8) is 0 Å². The van der Waals surface area contributed by atoms with E-state index in [1.807, 2.05) is 0 Å². The molecule has 2 aliphatic carbocycles. The molecular weight excluding hydrogens is 875 g/mol. The van der Waals surface area contributed by atoms with E-state index < -0.39 is 0 Å². The van der Waals surface area contributed by atoms with Gasteiger partial charge in [0.25, 0.3) is 0 Å².